The summed E-state index contributed by atoms with van der Waals surface area (Å²) in [4.78, 5) is 13.8. The van der Waals surface area contributed by atoms with Crippen LogP contribution < -0.4 is 5.32 Å². The number of benzene rings is 1. The molecule has 0 fully saturated rings. The van der Waals surface area contributed by atoms with E-state index in [9.17, 15) is 4.79 Å². The maximum atomic E-state index is 12.0. The van der Waals surface area contributed by atoms with Crippen LogP contribution in [0, 0.1) is 0 Å². The molecule has 0 aliphatic heterocycles. The molecule has 0 aromatic heterocycles. The second-order valence-corrected chi connectivity index (χ2v) is 4.08. The fraction of sp³-hybridized carbons (Fsp3) is 0.500. The zero-order valence-corrected chi connectivity index (χ0v) is 10.8. The lowest BCUT2D eigenvalue weighted by atomic mass is 10.2. The number of unbranched alkanes of at least 4 members (excludes halogenated alkanes) is 2. The van der Waals surface area contributed by atoms with E-state index in [-0.39, 0.29) is 6.03 Å². The lowest BCUT2D eigenvalue weighted by molar-refractivity contribution is 0.213. The topological polar surface area (TPSA) is 32.3 Å². The number of urea groups is 1. The van der Waals surface area contributed by atoms with Gasteiger partial charge in [-0.15, -0.1) is 0 Å². The number of carbonyl (C=O) groups is 1. The third-order valence-corrected chi connectivity index (χ3v) is 2.73. The van der Waals surface area contributed by atoms with Gasteiger partial charge in [0.15, 0.2) is 0 Å². The highest BCUT2D eigenvalue weighted by atomic mass is 16.2. The van der Waals surface area contributed by atoms with Crippen LogP contribution in [-0.4, -0.2) is 24.0 Å². The molecule has 0 aliphatic carbocycles. The van der Waals surface area contributed by atoms with Gasteiger partial charge < -0.3 is 10.2 Å². The van der Waals surface area contributed by atoms with Gasteiger partial charge in [-0.25, -0.2) is 4.79 Å². The van der Waals surface area contributed by atoms with Gasteiger partial charge in [-0.1, -0.05) is 38.0 Å². The third-order valence-electron chi connectivity index (χ3n) is 2.73. The highest BCUT2D eigenvalue weighted by molar-refractivity contribution is 5.89. The Hall–Kier alpha value is -1.51. The monoisotopic (exact) mass is 234 g/mol. The van der Waals surface area contributed by atoms with Gasteiger partial charge in [-0.2, -0.15) is 0 Å². The van der Waals surface area contributed by atoms with E-state index < -0.39 is 0 Å². The summed E-state index contributed by atoms with van der Waals surface area (Å²) in [5.41, 5.74) is 0.853. The number of amides is 2. The summed E-state index contributed by atoms with van der Waals surface area (Å²) >= 11 is 0. The van der Waals surface area contributed by atoms with Crippen LogP contribution >= 0.6 is 0 Å². The molecule has 0 aliphatic rings. The van der Waals surface area contributed by atoms with Crippen molar-refractivity contribution < 1.29 is 4.79 Å². The van der Waals surface area contributed by atoms with E-state index in [2.05, 4.69) is 12.2 Å². The van der Waals surface area contributed by atoms with Gasteiger partial charge in [-0.3, -0.25) is 0 Å². The van der Waals surface area contributed by atoms with Crippen molar-refractivity contribution >= 4 is 11.7 Å². The second-order valence-electron chi connectivity index (χ2n) is 4.08. The van der Waals surface area contributed by atoms with Crippen molar-refractivity contribution in [1.82, 2.24) is 4.90 Å². The number of anilines is 1. The first-order chi connectivity index (χ1) is 8.27. The molecule has 0 unspecified atom stereocenters. The zero-order chi connectivity index (χ0) is 12.5. The summed E-state index contributed by atoms with van der Waals surface area (Å²) in [6.45, 7) is 5.77. The minimum Gasteiger partial charge on any atom is -0.325 e. The van der Waals surface area contributed by atoms with E-state index in [0.717, 1.165) is 25.2 Å². The number of hydrogen-bond acceptors (Lipinski definition) is 1. The van der Waals surface area contributed by atoms with Crippen molar-refractivity contribution in [3.8, 4) is 0 Å². The Bertz CT molecular complexity index is 324. The number of carbonyl (C=O) groups excluding carboxylic acids is 1. The Morgan fingerprint density at radius 1 is 1.18 bits per heavy atom. The molecule has 17 heavy (non-hydrogen) atoms. The smallest absolute Gasteiger partial charge is 0.321 e. The average molecular weight is 234 g/mol. The highest BCUT2D eigenvalue weighted by Gasteiger charge is 2.10. The van der Waals surface area contributed by atoms with E-state index in [1.807, 2.05) is 42.2 Å². The molecule has 0 radical (unpaired) electrons. The van der Waals surface area contributed by atoms with Gasteiger partial charge in [0.05, 0.1) is 0 Å². The third kappa shape index (κ3) is 4.89. The fourth-order valence-corrected chi connectivity index (χ4v) is 1.68. The Labute approximate surface area is 104 Å². The zero-order valence-electron chi connectivity index (χ0n) is 10.8. The predicted molar refractivity (Wildman–Crippen MR) is 72.2 cm³/mol. The van der Waals surface area contributed by atoms with Crippen LogP contribution in [-0.2, 0) is 0 Å². The largest absolute Gasteiger partial charge is 0.325 e. The molecule has 0 heterocycles. The van der Waals surface area contributed by atoms with Gasteiger partial charge in [-0.05, 0) is 25.5 Å². The molecule has 1 N–H and O–H groups in total. The van der Waals surface area contributed by atoms with Crippen LogP contribution in [0.3, 0.4) is 0 Å². The Balaban J connectivity index is 2.43. The Morgan fingerprint density at radius 2 is 1.88 bits per heavy atom. The van der Waals surface area contributed by atoms with Crippen molar-refractivity contribution in [3.05, 3.63) is 30.3 Å². The summed E-state index contributed by atoms with van der Waals surface area (Å²) in [5, 5.41) is 2.91. The Morgan fingerprint density at radius 3 is 2.47 bits per heavy atom. The molecule has 3 nitrogen and oxygen atoms in total. The molecular weight excluding hydrogens is 212 g/mol. The molecule has 0 atom stereocenters. The van der Waals surface area contributed by atoms with Gasteiger partial charge in [0, 0.05) is 18.8 Å². The number of rotatable bonds is 6. The normalized spacial score (nSPS) is 10.0. The van der Waals surface area contributed by atoms with Gasteiger partial charge in [0.2, 0.25) is 0 Å². The average Bonchev–Trinajstić information content (AvgIpc) is 2.36. The van der Waals surface area contributed by atoms with Gasteiger partial charge in [0.1, 0.15) is 0 Å². The Kier molecular flexibility index (Phi) is 6.15. The predicted octanol–water partition coefficient (Wildman–Crippen LogP) is 3.73. The molecule has 3 heteroatoms. The van der Waals surface area contributed by atoms with Crippen LogP contribution in [0.2, 0.25) is 0 Å². The van der Waals surface area contributed by atoms with Crippen molar-refractivity contribution in [2.75, 3.05) is 18.4 Å². The van der Waals surface area contributed by atoms with Crippen LogP contribution in [0.15, 0.2) is 30.3 Å². The summed E-state index contributed by atoms with van der Waals surface area (Å²) in [6.07, 6.45) is 3.43. The maximum Gasteiger partial charge on any atom is 0.321 e. The first kappa shape index (κ1) is 13.6. The molecule has 2 amide bonds. The molecule has 94 valence electrons. The van der Waals surface area contributed by atoms with E-state index >= 15 is 0 Å². The molecule has 1 rings (SSSR count). The van der Waals surface area contributed by atoms with E-state index in [1.54, 1.807) is 0 Å². The molecule has 0 saturated carbocycles. The molecule has 0 bridgehead atoms. The van der Waals surface area contributed by atoms with Gasteiger partial charge in [0.25, 0.3) is 0 Å². The van der Waals surface area contributed by atoms with E-state index in [4.69, 9.17) is 0 Å². The summed E-state index contributed by atoms with van der Waals surface area (Å²) in [6, 6.07) is 9.57. The minimum absolute atomic E-state index is 0.00481. The quantitative estimate of drug-likeness (QED) is 0.747. The molecule has 1 aromatic carbocycles. The van der Waals surface area contributed by atoms with Crippen molar-refractivity contribution in [1.29, 1.82) is 0 Å². The van der Waals surface area contributed by atoms with Gasteiger partial charge >= 0.3 is 6.03 Å². The lowest BCUT2D eigenvalue weighted by Crippen LogP contribution is -2.35. The highest BCUT2D eigenvalue weighted by Crippen LogP contribution is 2.07. The standard InChI is InChI=1S/C14H22N2O/c1-3-5-9-12-16(4-2)14(17)15-13-10-7-6-8-11-13/h6-8,10-11H,3-5,9,12H2,1-2H3,(H,15,17). The lowest BCUT2D eigenvalue weighted by Gasteiger charge is -2.21. The molecule has 1 aromatic rings. The number of nitrogens with zero attached hydrogens (tertiary/aromatic N) is 1. The molecule has 0 spiro atoms. The first-order valence-electron chi connectivity index (χ1n) is 6.39. The van der Waals surface area contributed by atoms with Crippen molar-refractivity contribution in [2.45, 2.75) is 33.1 Å². The fourth-order valence-electron chi connectivity index (χ4n) is 1.68. The number of hydrogen-bond donors (Lipinski definition) is 1. The van der Waals surface area contributed by atoms with E-state index in [0.29, 0.717) is 0 Å². The summed E-state index contributed by atoms with van der Waals surface area (Å²) < 4.78 is 0. The molecular formula is C14H22N2O. The van der Waals surface area contributed by atoms with Crippen molar-refractivity contribution in [2.24, 2.45) is 0 Å². The van der Waals surface area contributed by atoms with Crippen LogP contribution in [0.5, 0.6) is 0 Å². The van der Waals surface area contributed by atoms with E-state index in [1.165, 1.54) is 12.8 Å². The SMILES string of the molecule is CCCCCN(CC)C(=O)Nc1ccccc1. The van der Waals surface area contributed by atoms with Crippen LogP contribution in [0.4, 0.5) is 10.5 Å². The minimum atomic E-state index is -0.00481. The number of nitrogens with one attached hydrogen (secondary N) is 1. The molecule has 0 saturated heterocycles. The number of para-hydroxylation sites is 1. The van der Waals surface area contributed by atoms with Crippen molar-refractivity contribution in [3.63, 3.8) is 0 Å². The van der Waals surface area contributed by atoms with Crippen LogP contribution in [0.1, 0.15) is 33.1 Å². The first-order valence-corrected chi connectivity index (χ1v) is 6.39. The maximum absolute atomic E-state index is 12.0. The summed E-state index contributed by atoms with van der Waals surface area (Å²) in [7, 11) is 0. The van der Waals surface area contributed by atoms with Crippen LogP contribution in [0.25, 0.3) is 0 Å². The summed E-state index contributed by atoms with van der Waals surface area (Å²) in [5.74, 6) is 0. The second kappa shape index (κ2) is 7.71.